The van der Waals surface area contributed by atoms with Gasteiger partial charge < -0.3 is 10.8 Å². The van der Waals surface area contributed by atoms with Crippen molar-refractivity contribution in [3.05, 3.63) is 11.6 Å². The molecule has 0 bridgehead atoms. The highest BCUT2D eigenvalue weighted by atomic mass is 19.4. The van der Waals surface area contributed by atoms with Crippen LogP contribution in [0, 0.1) is 11.3 Å². The Kier molecular flexibility index (Phi) is 4.18. The van der Waals surface area contributed by atoms with E-state index in [1.54, 1.807) is 0 Å². The van der Waals surface area contributed by atoms with Gasteiger partial charge in [0.2, 0.25) is 0 Å². The van der Waals surface area contributed by atoms with E-state index in [0.29, 0.717) is 18.8 Å². The Hall–Kier alpha value is -0.550. The van der Waals surface area contributed by atoms with Gasteiger partial charge >= 0.3 is 6.18 Å². The van der Waals surface area contributed by atoms with Gasteiger partial charge in [-0.25, -0.2) is 0 Å². The van der Waals surface area contributed by atoms with Gasteiger partial charge in [-0.1, -0.05) is 26.8 Å². The van der Waals surface area contributed by atoms with Crippen LogP contribution in [-0.2, 0) is 0 Å². The first kappa shape index (κ1) is 15.5. The fourth-order valence-electron chi connectivity index (χ4n) is 2.43. The minimum Gasteiger partial charge on any atom is -0.376 e. The van der Waals surface area contributed by atoms with Crippen molar-refractivity contribution in [3.63, 3.8) is 0 Å². The average Bonchev–Trinajstić information content (AvgIpc) is 2.25. The standard InChI is InChI=1S/C13H22F3NO/c1-11(2,3)9-4-6-10(7-5-9)12(18,8-17)13(14,15)16/h6,9,18H,4-5,7-8,17H2,1-3H3. The monoisotopic (exact) mass is 265 g/mol. The molecule has 0 saturated carbocycles. The number of aliphatic hydroxyl groups is 1. The first-order chi connectivity index (χ1) is 8.02. The van der Waals surface area contributed by atoms with Gasteiger partial charge in [-0.15, -0.1) is 0 Å². The molecule has 5 heteroatoms. The molecule has 18 heavy (non-hydrogen) atoms. The highest BCUT2D eigenvalue weighted by Gasteiger charge is 2.55. The van der Waals surface area contributed by atoms with Crippen molar-refractivity contribution < 1.29 is 18.3 Å². The normalized spacial score (nSPS) is 25.6. The van der Waals surface area contributed by atoms with E-state index in [9.17, 15) is 18.3 Å². The summed E-state index contributed by atoms with van der Waals surface area (Å²) < 4.78 is 38.5. The molecule has 0 saturated heterocycles. The second kappa shape index (κ2) is 4.85. The highest BCUT2D eigenvalue weighted by molar-refractivity contribution is 5.23. The van der Waals surface area contributed by atoms with E-state index in [-0.39, 0.29) is 17.4 Å². The topological polar surface area (TPSA) is 46.2 Å². The number of hydrogen-bond acceptors (Lipinski definition) is 2. The van der Waals surface area contributed by atoms with Crippen LogP contribution < -0.4 is 5.73 Å². The molecule has 1 aliphatic rings. The van der Waals surface area contributed by atoms with Crippen LogP contribution in [-0.4, -0.2) is 23.4 Å². The van der Waals surface area contributed by atoms with E-state index < -0.39 is 18.3 Å². The van der Waals surface area contributed by atoms with Crippen molar-refractivity contribution in [2.75, 3.05) is 6.54 Å². The quantitative estimate of drug-likeness (QED) is 0.754. The lowest BCUT2D eigenvalue weighted by molar-refractivity contribution is -0.241. The molecule has 2 unspecified atom stereocenters. The van der Waals surface area contributed by atoms with Gasteiger partial charge in [-0.2, -0.15) is 13.2 Å². The predicted octanol–water partition coefficient (Wildman–Crippen LogP) is 3.01. The zero-order valence-corrected chi connectivity index (χ0v) is 11.1. The molecule has 1 aliphatic carbocycles. The minimum atomic E-state index is -4.71. The van der Waals surface area contributed by atoms with Gasteiger partial charge in [0.1, 0.15) is 0 Å². The maximum absolute atomic E-state index is 12.8. The number of alkyl halides is 3. The molecular formula is C13H22F3NO. The van der Waals surface area contributed by atoms with Crippen LogP contribution >= 0.6 is 0 Å². The summed E-state index contributed by atoms with van der Waals surface area (Å²) in [6.45, 7) is 5.42. The van der Waals surface area contributed by atoms with Crippen LogP contribution in [0.3, 0.4) is 0 Å². The summed E-state index contributed by atoms with van der Waals surface area (Å²) in [5.74, 6) is 0.344. The summed E-state index contributed by atoms with van der Waals surface area (Å²) in [5.41, 5.74) is 2.38. The summed E-state index contributed by atoms with van der Waals surface area (Å²) >= 11 is 0. The number of nitrogens with two attached hydrogens (primary N) is 1. The van der Waals surface area contributed by atoms with E-state index in [1.807, 2.05) is 0 Å². The lowest BCUT2D eigenvalue weighted by Crippen LogP contribution is -2.53. The molecular weight excluding hydrogens is 243 g/mol. The molecule has 0 amide bonds. The zero-order chi connectivity index (χ0) is 14.2. The van der Waals surface area contributed by atoms with Crippen molar-refractivity contribution >= 4 is 0 Å². The summed E-state index contributed by atoms with van der Waals surface area (Å²) in [6, 6.07) is 0. The first-order valence-corrected chi connectivity index (χ1v) is 6.21. The van der Waals surface area contributed by atoms with E-state index >= 15 is 0 Å². The molecule has 2 atom stereocenters. The molecule has 3 N–H and O–H groups in total. The number of allylic oxidation sites excluding steroid dienone is 1. The Morgan fingerprint density at radius 2 is 1.89 bits per heavy atom. The Balaban J connectivity index is 2.91. The van der Waals surface area contributed by atoms with Crippen molar-refractivity contribution in [1.82, 2.24) is 0 Å². The third-order valence-corrected chi connectivity index (χ3v) is 3.93. The van der Waals surface area contributed by atoms with Gasteiger partial charge in [-0.3, -0.25) is 0 Å². The summed E-state index contributed by atoms with van der Waals surface area (Å²) in [6.07, 6.45) is -1.69. The Bertz CT molecular complexity index is 330. The Morgan fingerprint density at radius 1 is 1.33 bits per heavy atom. The first-order valence-electron chi connectivity index (χ1n) is 6.21. The maximum Gasteiger partial charge on any atom is 0.422 e. The zero-order valence-electron chi connectivity index (χ0n) is 11.1. The second-order valence-electron chi connectivity index (χ2n) is 6.13. The molecule has 0 radical (unpaired) electrons. The molecule has 106 valence electrons. The summed E-state index contributed by atoms with van der Waals surface area (Å²) in [4.78, 5) is 0. The van der Waals surface area contributed by atoms with Gasteiger partial charge in [0.15, 0.2) is 5.60 Å². The second-order valence-corrected chi connectivity index (χ2v) is 6.13. The van der Waals surface area contributed by atoms with Crippen LogP contribution in [0.5, 0.6) is 0 Å². The summed E-state index contributed by atoms with van der Waals surface area (Å²) in [5, 5.41) is 9.75. The van der Waals surface area contributed by atoms with E-state index in [1.165, 1.54) is 6.08 Å². The lowest BCUT2D eigenvalue weighted by atomic mass is 9.71. The lowest BCUT2D eigenvalue weighted by Gasteiger charge is -2.38. The SMILES string of the molecule is CC(C)(C)C1CC=C(C(O)(CN)C(F)(F)F)CC1. The molecule has 0 aliphatic heterocycles. The van der Waals surface area contributed by atoms with Gasteiger partial charge in [0, 0.05) is 6.54 Å². The molecule has 0 aromatic carbocycles. The molecule has 0 aromatic heterocycles. The van der Waals surface area contributed by atoms with Crippen molar-refractivity contribution in [2.24, 2.45) is 17.1 Å². The van der Waals surface area contributed by atoms with Crippen LogP contribution in [0.15, 0.2) is 11.6 Å². The molecule has 0 spiro atoms. The van der Waals surface area contributed by atoms with E-state index in [4.69, 9.17) is 5.73 Å². The average molecular weight is 265 g/mol. The summed E-state index contributed by atoms with van der Waals surface area (Å²) in [7, 11) is 0. The highest BCUT2D eigenvalue weighted by Crippen LogP contribution is 2.43. The largest absolute Gasteiger partial charge is 0.422 e. The van der Waals surface area contributed by atoms with Gasteiger partial charge in [0.05, 0.1) is 0 Å². The van der Waals surface area contributed by atoms with E-state index in [0.717, 1.165) is 0 Å². The van der Waals surface area contributed by atoms with Crippen molar-refractivity contribution in [3.8, 4) is 0 Å². The Morgan fingerprint density at radius 3 is 2.17 bits per heavy atom. The predicted molar refractivity (Wildman–Crippen MR) is 64.9 cm³/mol. The van der Waals surface area contributed by atoms with Crippen LogP contribution in [0.25, 0.3) is 0 Å². The van der Waals surface area contributed by atoms with Crippen LogP contribution in [0.4, 0.5) is 13.2 Å². The van der Waals surface area contributed by atoms with E-state index in [2.05, 4.69) is 20.8 Å². The number of halogens is 3. The van der Waals surface area contributed by atoms with Crippen molar-refractivity contribution in [2.45, 2.75) is 51.8 Å². The maximum atomic E-state index is 12.8. The van der Waals surface area contributed by atoms with Crippen LogP contribution in [0.2, 0.25) is 0 Å². The molecule has 2 nitrogen and oxygen atoms in total. The number of hydrogen-bond donors (Lipinski definition) is 2. The molecule has 0 aromatic rings. The number of rotatable bonds is 2. The fraction of sp³-hybridized carbons (Fsp3) is 0.846. The third kappa shape index (κ3) is 2.88. The third-order valence-electron chi connectivity index (χ3n) is 3.93. The van der Waals surface area contributed by atoms with Crippen molar-refractivity contribution in [1.29, 1.82) is 0 Å². The molecule has 0 heterocycles. The molecule has 1 rings (SSSR count). The van der Waals surface area contributed by atoms with Gasteiger partial charge in [-0.05, 0) is 36.2 Å². The van der Waals surface area contributed by atoms with Gasteiger partial charge in [0.25, 0.3) is 0 Å². The fourth-order valence-corrected chi connectivity index (χ4v) is 2.43. The minimum absolute atomic E-state index is 0.0259. The smallest absolute Gasteiger partial charge is 0.376 e. The molecule has 0 fully saturated rings. The Labute approximate surface area is 106 Å². The van der Waals surface area contributed by atoms with Crippen LogP contribution in [0.1, 0.15) is 40.0 Å².